The predicted molar refractivity (Wildman–Crippen MR) is 101 cm³/mol. The van der Waals surface area contributed by atoms with E-state index in [1.54, 1.807) is 18.2 Å². The molecule has 0 saturated carbocycles. The van der Waals surface area contributed by atoms with Crippen molar-refractivity contribution in [2.45, 2.75) is 11.3 Å². The number of sulfonamides is 1. The minimum atomic E-state index is -3.99. The molecular formula is C20H17FN2O2S. The van der Waals surface area contributed by atoms with Gasteiger partial charge in [-0.1, -0.05) is 36.4 Å². The van der Waals surface area contributed by atoms with E-state index in [0.717, 1.165) is 30.4 Å². The fraction of sp³-hybridized carbons (Fsp3) is 0.100. The number of hydrogen-bond acceptors (Lipinski definition) is 3. The fourth-order valence-corrected chi connectivity index (χ4v) is 4.35. The standard InChI is InChI=1S/C20H17FN2O2S/c21-18-9-2-4-11-20(18)26(24,25)22-16-7-5-8-17(14-16)23-13-12-15-6-1-3-10-19(15)23/h1-11,14,22H,12-13H2. The lowest BCUT2D eigenvalue weighted by Crippen LogP contribution is -2.16. The molecule has 0 aromatic heterocycles. The van der Waals surface area contributed by atoms with Crippen LogP contribution in [0.4, 0.5) is 21.5 Å². The Balaban J connectivity index is 1.64. The molecule has 1 aliphatic rings. The average Bonchev–Trinajstić information content (AvgIpc) is 3.06. The number of fused-ring (bicyclic) bond motifs is 1. The molecule has 0 spiro atoms. The summed E-state index contributed by atoms with van der Waals surface area (Å²) in [5.74, 6) is -0.773. The molecule has 0 bridgehead atoms. The molecule has 1 heterocycles. The number of nitrogens with one attached hydrogen (secondary N) is 1. The zero-order chi connectivity index (χ0) is 18.1. The number of benzene rings is 3. The Labute approximate surface area is 152 Å². The van der Waals surface area contributed by atoms with Crippen LogP contribution in [-0.2, 0) is 16.4 Å². The molecule has 4 rings (SSSR count). The Bertz CT molecular complexity index is 1070. The van der Waals surface area contributed by atoms with Crippen molar-refractivity contribution in [2.75, 3.05) is 16.2 Å². The van der Waals surface area contributed by atoms with Gasteiger partial charge in [0.1, 0.15) is 10.7 Å². The van der Waals surface area contributed by atoms with E-state index in [2.05, 4.69) is 21.8 Å². The normalized spacial score (nSPS) is 13.5. The van der Waals surface area contributed by atoms with Gasteiger partial charge in [0.2, 0.25) is 0 Å². The van der Waals surface area contributed by atoms with E-state index in [1.165, 1.54) is 23.8 Å². The van der Waals surface area contributed by atoms with E-state index in [4.69, 9.17) is 0 Å². The predicted octanol–water partition coefficient (Wildman–Crippen LogP) is 4.32. The van der Waals surface area contributed by atoms with Crippen molar-refractivity contribution in [2.24, 2.45) is 0 Å². The Hall–Kier alpha value is -2.86. The first-order valence-electron chi connectivity index (χ1n) is 8.27. The summed E-state index contributed by atoms with van der Waals surface area (Å²) in [6.07, 6.45) is 0.946. The average molecular weight is 368 g/mol. The molecule has 26 heavy (non-hydrogen) atoms. The molecule has 0 unspecified atom stereocenters. The third kappa shape index (κ3) is 3.04. The second-order valence-electron chi connectivity index (χ2n) is 6.12. The smallest absolute Gasteiger partial charge is 0.264 e. The maximum atomic E-state index is 13.9. The summed E-state index contributed by atoms with van der Waals surface area (Å²) < 4.78 is 41.3. The molecule has 132 valence electrons. The fourth-order valence-electron chi connectivity index (χ4n) is 3.22. The molecule has 3 aromatic carbocycles. The lowest BCUT2D eigenvalue weighted by Gasteiger charge is -2.20. The number of rotatable bonds is 4. The van der Waals surface area contributed by atoms with Gasteiger partial charge in [-0.15, -0.1) is 0 Å². The molecule has 4 nitrogen and oxygen atoms in total. The van der Waals surface area contributed by atoms with Crippen LogP contribution < -0.4 is 9.62 Å². The Morgan fingerprint density at radius 1 is 0.923 bits per heavy atom. The first-order valence-corrected chi connectivity index (χ1v) is 9.76. The van der Waals surface area contributed by atoms with Gasteiger partial charge in [0.05, 0.1) is 5.69 Å². The van der Waals surface area contributed by atoms with Gasteiger partial charge >= 0.3 is 0 Å². The third-order valence-electron chi connectivity index (χ3n) is 4.42. The van der Waals surface area contributed by atoms with Gasteiger partial charge in [-0.25, -0.2) is 12.8 Å². The summed E-state index contributed by atoms with van der Waals surface area (Å²) >= 11 is 0. The van der Waals surface area contributed by atoms with E-state index in [1.807, 2.05) is 18.2 Å². The molecule has 3 aromatic rings. The minimum absolute atomic E-state index is 0.364. The van der Waals surface area contributed by atoms with Crippen LogP contribution in [0.25, 0.3) is 0 Å². The van der Waals surface area contributed by atoms with Crippen molar-refractivity contribution >= 4 is 27.1 Å². The van der Waals surface area contributed by atoms with Crippen LogP contribution in [0.3, 0.4) is 0 Å². The van der Waals surface area contributed by atoms with Crippen molar-refractivity contribution in [3.63, 3.8) is 0 Å². The molecule has 0 amide bonds. The molecule has 0 aliphatic carbocycles. The zero-order valence-corrected chi connectivity index (χ0v) is 14.7. The van der Waals surface area contributed by atoms with E-state index in [0.29, 0.717) is 5.69 Å². The number of para-hydroxylation sites is 1. The lowest BCUT2D eigenvalue weighted by atomic mass is 10.2. The van der Waals surface area contributed by atoms with Crippen molar-refractivity contribution in [3.05, 3.63) is 84.2 Å². The van der Waals surface area contributed by atoms with Crippen molar-refractivity contribution in [1.82, 2.24) is 0 Å². The SMILES string of the molecule is O=S(=O)(Nc1cccc(N2CCc3ccccc32)c1)c1ccccc1F. The molecule has 0 radical (unpaired) electrons. The second kappa shape index (κ2) is 6.46. The van der Waals surface area contributed by atoms with E-state index >= 15 is 0 Å². The first kappa shape index (κ1) is 16.6. The van der Waals surface area contributed by atoms with E-state index in [9.17, 15) is 12.8 Å². The highest BCUT2D eigenvalue weighted by Crippen LogP contribution is 2.35. The summed E-state index contributed by atoms with van der Waals surface area (Å²) in [4.78, 5) is 1.79. The quantitative estimate of drug-likeness (QED) is 0.746. The van der Waals surface area contributed by atoms with Crippen molar-refractivity contribution in [3.8, 4) is 0 Å². The van der Waals surface area contributed by atoms with E-state index < -0.39 is 15.8 Å². The Morgan fingerprint density at radius 2 is 1.69 bits per heavy atom. The first-order chi connectivity index (χ1) is 12.5. The summed E-state index contributed by atoms with van der Waals surface area (Å²) in [6.45, 7) is 0.836. The van der Waals surface area contributed by atoms with E-state index in [-0.39, 0.29) is 4.90 Å². The van der Waals surface area contributed by atoms with Gasteiger partial charge in [0.15, 0.2) is 0 Å². The Kier molecular flexibility index (Phi) is 4.12. The second-order valence-corrected chi connectivity index (χ2v) is 7.77. The number of halogens is 1. The highest BCUT2D eigenvalue weighted by Gasteiger charge is 2.21. The molecular weight excluding hydrogens is 351 g/mol. The van der Waals surface area contributed by atoms with Crippen molar-refractivity contribution in [1.29, 1.82) is 0 Å². The highest BCUT2D eigenvalue weighted by molar-refractivity contribution is 7.92. The van der Waals surface area contributed by atoms with Crippen LogP contribution in [0.1, 0.15) is 5.56 Å². The van der Waals surface area contributed by atoms with Crippen LogP contribution in [0.15, 0.2) is 77.7 Å². The van der Waals surface area contributed by atoms with Crippen LogP contribution in [0.5, 0.6) is 0 Å². The third-order valence-corrected chi connectivity index (χ3v) is 5.84. The molecule has 1 aliphatic heterocycles. The number of nitrogens with zero attached hydrogens (tertiary/aromatic N) is 1. The van der Waals surface area contributed by atoms with Crippen LogP contribution in [0, 0.1) is 5.82 Å². The van der Waals surface area contributed by atoms with Gasteiger partial charge in [-0.2, -0.15) is 0 Å². The number of hydrogen-bond donors (Lipinski definition) is 1. The number of anilines is 3. The van der Waals surface area contributed by atoms with Crippen LogP contribution in [0.2, 0.25) is 0 Å². The van der Waals surface area contributed by atoms with Gasteiger partial charge in [-0.05, 0) is 48.4 Å². The Morgan fingerprint density at radius 3 is 2.54 bits per heavy atom. The maximum absolute atomic E-state index is 13.9. The minimum Gasteiger partial charge on any atom is -0.341 e. The lowest BCUT2D eigenvalue weighted by molar-refractivity contribution is 0.570. The molecule has 1 N–H and O–H groups in total. The van der Waals surface area contributed by atoms with Gasteiger partial charge in [0.25, 0.3) is 10.0 Å². The molecule has 0 atom stereocenters. The zero-order valence-electron chi connectivity index (χ0n) is 13.9. The summed E-state index contributed by atoms with van der Waals surface area (Å²) in [6, 6.07) is 20.6. The summed E-state index contributed by atoms with van der Waals surface area (Å²) in [7, 11) is -3.99. The molecule has 0 saturated heterocycles. The van der Waals surface area contributed by atoms with Crippen LogP contribution in [-0.4, -0.2) is 15.0 Å². The van der Waals surface area contributed by atoms with Crippen molar-refractivity contribution < 1.29 is 12.8 Å². The molecule has 6 heteroatoms. The van der Waals surface area contributed by atoms with Gasteiger partial charge in [0, 0.05) is 17.9 Å². The topological polar surface area (TPSA) is 49.4 Å². The highest BCUT2D eigenvalue weighted by atomic mass is 32.2. The van der Waals surface area contributed by atoms with Crippen LogP contribution >= 0.6 is 0 Å². The maximum Gasteiger partial charge on any atom is 0.264 e. The summed E-state index contributed by atoms with van der Waals surface area (Å²) in [5.41, 5.74) is 3.69. The largest absolute Gasteiger partial charge is 0.341 e. The molecule has 0 fully saturated rings. The monoisotopic (exact) mass is 368 g/mol. The van der Waals surface area contributed by atoms with Gasteiger partial charge < -0.3 is 4.90 Å². The van der Waals surface area contributed by atoms with Gasteiger partial charge in [-0.3, -0.25) is 4.72 Å². The summed E-state index contributed by atoms with van der Waals surface area (Å²) in [5, 5.41) is 0.